The molecule has 0 atom stereocenters. The van der Waals surface area contributed by atoms with Gasteiger partial charge in [-0.25, -0.2) is 0 Å². The highest BCUT2D eigenvalue weighted by Crippen LogP contribution is 2.33. The zero-order valence-electron chi connectivity index (χ0n) is 15.7. The van der Waals surface area contributed by atoms with Crippen molar-refractivity contribution in [2.75, 3.05) is 38.3 Å². The van der Waals surface area contributed by atoms with Crippen molar-refractivity contribution in [2.45, 2.75) is 32.5 Å². The number of ether oxygens (including phenoxy) is 3. The van der Waals surface area contributed by atoms with Gasteiger partial charge in [-0.2, -0.15) is 15.1 Å². The van der Waals surface area contributed by atoms with Crippen LogP contribution < -0.4 is 19.7 Å². The second kappa shape index (κ2) is 6.93. The van der Waals surface area contributed by atoms with Crippen molar-refractivity contribution < 1.29 is 19.0 Å². The van der Waals surface area contributed by atoms with Crippen LogP contribution in [-0.2, 0) is 30.9 Å². The van der Waals surface area contributed by atoms with Crippen LogP contribution in [0.2, 0.25) is 0 Å². The molecule has 0 aromatic carbocycles. The van der Waals surface area contributed by atoms with Crippen LogP contribution in [0.4, 0.5) is 5.82 Å². The average molecular weight is 386 g/mol. The summed E-state index contributed by atoms with van der Waals surface area (Å²) in [7, 11) is 1.58. The lowest BCUT2D eigenvalue weighted by Gasteiger charge is -2.27. The summed E-state index contributed by atoms with van der Waals surface area (Å²) in [5.74, 6) is 1.21. The molecule has 0 saturated carbocycles. The Kier molecular flexibility index (Phi) is 4.27. The normalized spacial score (nSPS) is 18.8. The molecule has 0 aliphatic carbocycles. The second-order valence-electron chi connectivity index (χ2n) is 6.99. The van der Waals surface area contributed by atoms with E-state index in [-0.39, 0.29) is 5.91 Å². The number of hydrogen-bond donors (Lipinski definition) is 1. The molecule has 0 saturated heterocycles. The first-order valence-electron chi connectivity index (χ1n) is 9.51. The minimum absolute atomic E-state index is 0.186. The van der Waals surface area contributed by atoms with E-state index in [0.29, 0.717) is 50.4 Å². The van der Waals surface area contributed by atoms with E-state index >= 15 is 0 Å². The highest BCUT2D eigenvalue weighted by molar-refractivity contribution is 5.95. The van der Waals surface area contributed by atoms with Crippen LogP contribution in [0.15, 0.2) is 0 Å². The van der Waals surface area contributed by atoms with Crippen LogP contribution in [0.25, 0.3) is 0 Å². The van der Waals surface area contributed by atoms with Crippen LogP contribution in [0.5, 0.6) is 11.8 Å². The lowest BCUT2D eigenvalue weighted by atomic mass is 10.1. The molecule has 2 aromatic heterocycles. The van der Waals surface area contributed by atoms with Crippen molar-refractivity contribution in [3.05, 3.63) is 22.6 Å². The molecule has 3 aliphatic heterocycles. The first-order chi connectivity index (χ1) is 13.7. The van der Waals surface area contributed by atoms with Gasteiger partial charge in [0.2, 0.25) is 0 Å². The van der Waals surface area contributed by atoms with Crippen molar-refractivity contribution in [1.82, 2.24) is 25.1 Å². The molecule has 1 N–H and O–H groups in total. The molecule has 0 spiro atoms. The number of aryl methyl sites for hydroxylation is 1. The minimum atomic E-state index is -0.186. The maximum absolute atomic E-state index is 12.3. The number of carbonyl (C=O) groups excluding carboxylic acids is 1. The van der Waals surface area contributed by atoms with Gasteiger partial charge in [0.05, 0.1) is 39.1 Å². The Morgan fingerprint density at radius 2 is 2.14 bits per heavy atom. The standard InChI is InChI=1S/C18H22N6O4/c1-26-18-20-12-3-7-27-10-11(12)16(21-18)23-5-2-6-24-13(9-23)15-14(22-24)17(25)19-4-8-28-15/h2-10H2,1H3,(H,19,25). The molecule has 28 heavy (non-hydrogen) atoms. The molecule has 148 valence electrons. The van der Waals surface area contributed by atoms with Gasteiger partial charge < -0.3 is 24.4 Å². The van der Waals surface area contributed by atoms with Gasteiger partial charge >= 0.3 is 6.01 Å². The van der Waals surface area contributed by atoms with E-state index in [0.717, 1.165) is 48.7 Å². The number of aromatic nitrogens is 4. The topological polar surface area (TPSA) is 104 Å². The summed E-state index contributed by atoms with van der Waals surface area (Å²) in [6.07, 6.45) is 1.61. The van der Waals surface area contributed by atoms with Crippen LogP contribution in [0, 0.1) is 0 Å². The van der Waals surface area contributed by atoms with E-state index in [9.17, 15) is 4.79 Å². The van der Waals surface area contributed by atoms with Gasteiger partial charge in [0, 0.05) is 25.1 Å². The number of hydrogen-bond acceptors (Lipinski definition) is 8. The summed E-state index contributed by atoms with van der Waals surface area (Å²) < 4.78 is 18.8. The van der Waals surface area contributed by atoms with Crippen LogP contribution in [-0.4, -0.2) is 59.1 Å². The first-order valence-corrected chi connectivity index (χ1v) is 9.51. The van der Waals surface area contributed by atoms with E-state index in [4.69, 9.17) is 14.2 Å². The molecule has 1 amide bonds. The van der Waals surface area contributed by atoms with E-state index in [2.05, 4.69) is 25.3 Å². The lowest BCUT2D eigenvalue weighted by Crippen LogP contribution is -2.28. The summed E-state index contributed by atoms with van der Waals surface area (Å²) in [5, 5.41) is 7.33. The summed E-state index contributed by atoms with van der Waals surface area (Å²) in [5.41, 5.74) is 3.23. The van der Waals surface area contributed by atoms with Gasteiger partial charge in [-0.05, 0) is 6.42 Å². The average Bonchev–Trinajstić information content (AvgIpc) is 2.85. The molecule has 10 nitrogen and oxygen atoms in total. The Morgan fingerprint density at radius 1 is 1.21 bits per heavy atom. The second-order valence-corrected chi connectivity index (χ2v) is 6.99. The maximum Gasteiger partial charge on any atom is 0.318 e. The minimum Gasteiger partial charge on any atom is -0.487 e. The molecule has 5 rings (SSSR count). The SMILES string of the molecule is COc1nc2c(c(N3CCCn4nc5c(c4C3)OCCNC5=O)n1)COCC2. The summed E-state index contributed by atoms with van der Waals surface area (Å²) in [6.45, 7) is 4.11. The van der Waals surface area contributed by atoms with E-state index < -0.39 is 0 Å². The third-order valence-corrected chi connectivity index (χ3v) is 5.26. The van der Waals surface area contributed by atoms with Gasteiger partial charge in [-0.1, -0.05) is 0 Å². The highest BCUT2D eigenvalue weighted by Gasteiger charge is 2.31. The van der Waals surface area contributed by atoms with E-state index in [1.165, 1.54) is 0 Å². The first kappa shape index (κ1) is 17.2. The predicted molar refractivity (Wildman–Crippen MR) is 97.7 cm³/mol. The number of fused-ring (bicyclic) bond motifs is 4. The number of rotatable bonds is 2. The molecule has 0 unspecified atom stereocenters. The van der Waals surface area contributed by atoms with E-state index in [1.807, 2.05) is 4.68 Å². The number of amides is 1. The number of carbonyl (C=O) groups is 1. The highest BCUT2D eigenvalue weighted by atomic mass is 16.5. The third-order valence-electron chi connectivity index (χ3n) is 5.26. The zero-order valence-corrected chi connectivity index (χ0v) is 15.7. The number of nitrogens with one attached hydrogen (secondary N) is 1. The molecule has 0 radical (unpaired) electrons. The molecule has 10 heteroatoms. The van der Waals surface area contributed by atoms with Gasteiger partial charge in [-0.15, -0.1) is 0 Å². The molecule has 0 fully saturated rings. The largest absolute Gasteiger partial charge is 0.487 e. The van der Waals surface area contributed by atoms with Crippen molar-refractivity contribution in [3.63, 3.8) is 0 Å². The van der Waals surface area contributed by atoms with E-state index in [1.54, 1.807) is 7.11 Å². The maximum atomic E-state index is 12.3. The molecular weight excluding hydrogens is 364 g/mol. The van der Waals surface area contributed by atoms with Crippen LogP contribution in [0.3, 0.4) is 0 Å². The predicted octanol–water partition coefficient (Wildman–Crippen LogP) is 0.287. The monoisotopic (exact) mass is 386 g/mol. The van der Waals surface area contributed by atoms with Gasteiger partial charge in [-0.3, -0.25) is 9.48 Å². The molecule has 3 aliphatic rings. The summed E-state index contributed by atoms with van der Waals surface area (Å²) in [6, 6.07) is 0.364. The van der Waals surface area contributed by atoms with Gasteiger partial charge in [0.1, 0.15) is 18.1 Å². The number of anilines is 1. The Hall–Kier alpha value is -2.88. The third kappa shape index (κ3) is 2.84. The molecule has 2 aromatic rings. The van der Waals surface area contributed by atoms with Gasteiger partial charge in [0.15, 0.2) is 11.4 Å². The molecular formula is C18H22N6O4. The fourth-order valence-corrected chi connectivity index (χ4v) is 3.92. The van der Waals surface area contributed by atoms with Crippen LogP contribution >= 0.6 is 0 Å². The number of methoxy groups -OCH3 is 1. The summed E-state index contributed by atoms with van der Waals surface area (Å²) in [4.78, 5) is 23.6. The van der Waals surface area contributed by atoms with Crippen molar-refractivity contribution in [2.24, 2.45) is 0 Å². The molecule has 5 heterocycles. The van der Waals surface area contributed by atoms with Gasteiger partial charge in [0.25, 0.3) is 5.91 Å². The Balaban J connectivity index is 1.56. The zero-order chi connectivity index (χ0) is 19.1. The smallest absolute Gasteiger partial charge is 0.318 e. The quantitative estimate of drug-likeness (QED) is 0.785. The van der Waals surface area contributed by atoms with Crippen molar-refractivity contribution >= 4 is 11.7 Å². The van der Waals surface area contributed by atoms with Crippen molar-refractivity contribution in [3.8, 4) is 11.8 Å². The Bertz CT molecular complexity index is 927. The fourth-order valence-electron chi connectivity index (χ4n) is 3.92. The lowest BCUT2D eigenvalue weighted by molar-refractivity contribution is 0.0951. The Labute approximate surface area is 161 Å². The van der Waals surface area contributed by atoms with Crippen LogP contribution in [0.1, 0.15) is 33.9 Å². The number of nitrogens with zero attached hydrogens (tertiary/aromatic N) is 5. The Morgan fingerprint density at radius 3 is 3.04 bits per heavy atom. The fraction of sp³-hybridized carbons (Fsp3) is 0.556. The molecule has 0 bridgehead atoms. The summed E-state index contributed by atoms with van der Waals surface area (Å²) >= 11 is 0. The van der Waals surface area contributed by atoms with Crippen molar-refractivity contribution in [1.29, 1.82) is 0 Å².